The number of aryl methyl sites for hydroxylation is 1. The molecule has 0 aliphatic heterocycles. The third-order valence-electron chi connectivity index (χ3n) is 6.40. The maximum absolute atomic E-state index is 2.41. The minimum atomic E-state index is 1.22. The normalized spacial score (nSPS) is 11.9. The Bertz CT molecular complexity index is 454. The standard InChI is InChI=1S/C27H50N/c1-5-8-11-12-13-14-15-16-17-18-25-28(23-9-6-2,24-10-7-3)27-21-19-26(4)20-22-27/h19-22H,5-18,23-25H2,1-4H3/q+1. The van der Waals surface area contributed by atoms with Crippen molar-refractivity contribution < 1.29 is 0 Å². The van der Waals surface area contributed by atoms with Gasteiger partial charge in [-0.2, -0.15) is 0 Å². The Morgan fingerprint density at radius 1 is 0.500 bits per heavy atom. The number of hydrogen-bond acceptors (Lipinski definition) is 0. The summed E-state index contributed by atoms with van der Waals surface area (Å²) in [7, 11) is 0. The van der Waals surface area contributed by atoms with Crippen molar-refractivity contribution in [2.24, 2.45) is 0 Å². The number of unbranched alkanes of at least 4 members (excludes halogenated alkanes) is 11. The van der Waals surface area contributed by atoms with Gasteiger partial charge in [0.05, 0.1) is 19.6 Å². The van der Waals surface area contributed by atoms with Crippen LogP contribution in [0.25, 0.3) is 0 Å². The lowest BCUT2D eigenvalue weighted by Gasteiger charge is -2.39. The topological polar surface area (TPSA) is 0 Å². The predicted molar refractivity (Wildman–Crippen MR) is 129 cm³/mol. The van der Waals surface area contributed by atoms with E-state index in [0.717, 1.165) is 0 Å². The molecule has 28 heavy (non-hydrogen) atoms. The van der Waals surface area contributed by atoms with Crippen LogP contribution in [0.5, 0.6) is 0 Å². The molecule has 1 rings (SSSR count). The summed E-state index contributed by atoms with van der Waals surface area (Å²) in [5.74, 6) is 0. The minimum Gasteiger partial charge on any atom is -0.291 e. The van der Waals surface area contributed by atoms with Gasteiger partial charge in [-0.3, -0.25) is 4.48 Å². The quantitative estimate of drug-likeness (QED) is 0.174. The number of nitrogens with zero attached hydrogens (tertiary/aromatic N) is 1. The summed E-state index contributed by atoms with van der Waals surface area (Å²) >= 11 is 0. The summed E-state index contributed by atoms with van der Waals surface area (Å²) in [6.45, 7) is 13.1. The lowest BCUT2D eigenvalue weighted by molar-refractivity contribution is 0.257. The van der Waals surface area contributed by atoms with E-state index in [1.165, 1.54) is 120 Å². The van der Waals surface area contributed by atoms with Gasteiger partial charge < -0.3 is 0 Å². The van der Waals surface area contributed by atoms with Gasteiger partial charge in [0.15, 0.2) is 0 Å². The highest BCUT2D eigenvalue weighted by atomic mass is 15.4. The highest BCUT2D eigenvalue weighted by Crippen LogP contribution is 2.27. The zero-order chi connectivity index (χ0) is 20.5. The Hall–Kier alpha value is -0.820. The van der Waals surface area contributed by atoms with Crippen LogP contribution in [0.15, 0.2) is 24.3 Å². The molecule has 0 aliphatic carbocycles. The predicted octanol–water partition coefficient (Wildman–Crippen LogP) is 8.82. The molecule has 0 unspecified atom stereocenters. The Balaban J connectivity index is 2.51. The summed E-state index contributed by atoms with van der Waals surface area (Å²) in [4.78, 5) is 0. The van der Waals surface area contributed by atoms with Crippen LogP contribution in [0.2, 0.25) is 0 Å². The van der Waals surface area contributed by atoms with Crippen LogP contribution in [0.3, 0.4) is 0 Å². The lowest BCUT2D eigenvalue weighted by atomic mass is 10.0. The van der Waals surface area contributed by atoms with Crippen molar-refractivity contribution in [2.75, 3.05) is 19.6 Å². The van der Waals surface area contributed by atoms with E-state index in [1.807, 2.05) is 0 Å². The monoisotopic (exact) mass is 388 g/mol. The van der Waals surface area contributed by atoms with E-state index in [0.29, 0.717) is 0 Å². The van der Waals surface area contributed by atoms with E-state index in [9.17, 15) is 0 Å². The van der Waals surface area contributed by atoms with Crippen molar-refractivity contribution in [3.8, 4) is 0 Å². The van der Waals surface area contributed by atoms with Gasteiger partial charge >= 0.3 is 0 Å². The summed E-state index contributed by atoms with van der Waals surface area (Å²) in [5.41, 5.74) is 2.94. The molecule has 162 valence electrons. The maximum atomic E-state index is 2.41. The van der Waals surface area contributed by atoms with Crippen LogP contribution in [-0.4, -0.2) is 19.6 Å². The minimum absolute atomic E-state index is 1.22. The molecule has 0 saturated heterocycles. The molecule has 1 aromatic carbocycles. The third-order valence-corrected chi connectivity index (χ3v) is 6.40. The summed E-state index contributed by atoms with van der Waals surface area (Å²) in [6, 6.07) is 9.46. The molecule has 0 radical (unpaired) electrons. The van der Waals surface area contributed by atoms with E-state index >= 15 is 0 Å². The van der Waals surface area contributed by atoms with Gasteiger partial charge in [-0.15, -0.1) is 0 Å². The van der Waals surface area contributed by atoms with E-state index in [1.54, 1.807) is 5.69 Å². The molecule has 0 saturated carbocycles. The van der Waals surface area contributed by atoms with Gasteiger partial charge in [0.25, 0.3) is 0 Å². The van der Waals surface area contributed by atoms with Gasteiger partial charge in [-0.25, -0.2) is 0 Å². The molecule has 0 bridgehead atoms. The summed E-state index contributed by atoms with van der Waals surface area (Å²) < 4.78 is 1.22. The lowest BCUT2D eigenvalue weighted by Crippen LogP contribution is -2.51. The molecular weight excluding hydrogens is 338 g/mol. The molecule has 0 fully saturated rings. The van der Waals surface area contributed by atoms with Crippen LogP contribution in [0.4, 0.5) is 5.69 Å². The molecule has 0 amide bonds. The molecule has 0 aliphatic rings. The summed E-state index contributed by atoms with van der Waals surface area (Å²) in [5, 5.41) is 0. The maximum Gasteiger partial charge on any atom is 0.132 e. The molecule has 0 heterocycles. The van der Waals surface area contributed by atoms with Crippen LogP contribution < -0.4 is 4.48 Å². The van der Waals surface area contributed by atoms with Crippen LogP contribution in [0.1, 0.15) is 116 Å². The van der Waals surface area contributed by atoms with Gasteiger partial charge in [-0.05, 0) is 44.7 Å². The molecular formula is C27H50N+. The van der Waals surface area contributed by atoms with E-state index in [2.05, 4.69) is 52.0 Å². The second-order valence-electron chi connectivity index (χ2n) is 9.04. The molecule has 0 atom stereocenters. The van der Waals surface area contributed by atoms with E-state index in [4.69, 9.17) is 0 Å². The number of rotatable bonds is 18. The molecule has 0 N–H and O–H groups in total. The number of quaternary nitrogens is 1. The molecule has 1 nitrogen and oxygen atoms in total. The Labute approximate surface area is 177 Å². The first-order valence-electron chi connectivity index (χ1n) is 12.6. The van der Waals surface area contributed by atoms with E-state index in [-0.39, 0.29) is 0 Å². The van der Waals surface area contributed by atoms with Crippen LogP contribution in [-0.2, 0) is 0 Å². The SMILES string of the molecule is CCCCCCCCCCCC[N+](CCCC)(CCCC)c1ccc(C)cc1. The van der Waals surface area contributed by atoms with Crippen molar-refractivity contribution in [1.82, 2.24) is 4.48 Å². The molecule has 0 aromatic heterocycles. The van der Waals surface area contributed by atoms with Gasteiger partial charge in [0.2, 0.25) is 0 Å². The van der Waals surface area contributed by atoms with Crippen LogP contribution in [0, 0.1) is 6.92 Å². The zero-order valence-electron chi connectivity index (χ0n) is 19.8. The molecule has 0 spiro atoms. The number of hydrogen-bond donors (Lipinski definition) is 0. The van der Waals surface area contributed by atoms with Gasteiger partial charge in [0.1, 0.15) is 5.69 Å². The zero-order valence-corrected chi connectivity index (χ0v) is 19.8. The van der Waals surface area contributed by atoms with Crippen molar-refractivity contribution >= 4 is 5.69 Å². The van der Waals surface area contributed by atoms with E-state index < -0.39 is 0 Å². The first-order valence-corrected chi connectivity index (χ1v) is 12.6. The fourth-order valence-electron chi connectivity index (χ4n) is 4.41. The van der Waals surface area contributed by atoms with Crippen molar-refractivity contribution in [1.29, 1.82) is 0 Å². The molecule has 1 heteroatoms. The fraction of sp³-hybridized carbons (Fsp3) is 0.778. The summed E-state index contributed by atoms with van der Waals surface area (Å²) in [6.07, 6.45) is 19.6. The van der Waals surface area contributed by atoms with Gasteiger partial charge in [0, 0.05) is 0 Å². The number of benzene rings is 1. The Kier molecular flexibility index (Phi) is 14.4. The average molecular weight is 389 g/mol. The molecule has 1 aromatic rings. The third kappa shape index (κ3) is 10.1. The van der Waals surface area contributed by atoms with Crippen molar-refractivity contribution in [3.05, 3.63) is 29.8 Å². The van der Waals surface area contributed by atoms with Gasteiger partial charge in [-0.1, -0.05) is 103 Å². The second-order valence-corrected chi connectivity index (χ2v) is 9.04. The fourth-order valence-corrected chi connectivity index (χ4v) is 4.41. The van der Waals surface area contributed by atoms with Crippen molar-refractivity contribution in [3.63, 3.8) is 0 Å². The highest BCUT2D eigenvalue weighted by molar-refractivity contribution is 5.44. The van der Waals surface area contributed by atoms with Crippen LogP contribution >= 0.6 is 0 Å². The van der Waals surface area contributed by atoms with Crippen molar-refractivity contribution in [2.45, 2.75) is 118 Å². The Morgan fingerprint density at radius 2 is 0.893 bits per heavy atom. The second kappa shape index (κ2) is 16.0. The highest BCUT2D eigenvalue weighted by Gasteiger charge is 2.28. The first-order chi connectivity index (χ1) is 13.7. The largest absolute Gasteiger partial charge is 0.291 e. The average Bonchev–Trinajstić information content (AvgIpc) is 2.71. The first kappa shape index (κ1) is 25.2. The Morgan fingerprint density at radius 3 is 1.36 bits per heavy atom. The smallest absolute Gasteiger partial charge is 0.132 e.